The van der Waals surface area contributed by atoms with Crippen LogP contribution >= 0.6 is 11.3 Å². The molecule has 1 saturated heterocycles. The molecule has 0 bridgehead atoms. The molecule has 1 N–H and O–H groups in total. The molecule has 0 aliphatic carbocycles. The average molecular weight is 301 g/mol. The molecule has 1 aliphatic heterocycles. The van der Waals surface area contributed by atoms with Crippen molar-refractivity contribution in [3.8, 4) is 0 Å². The molecule has 0 spiro atoms. The van der Waals surface area contributed by atoms with E-state index in [1.165, 1.54) is 28.4 Å². The molecule has 3 rings (SSSR count). The van der Waals surface area contributed by atoms with Gasteiger partial charge in [-0.25, -0.2) is 4.98 Å². The number of thiazole rings is 1. The molecule has 112 valence electrons. The van der Waals surface area contributed by atoms with Gasteiger partial charge in [-0.1, -0.05) is 37.3 Å². The van der Waals surface area contributed by atoms with Crippen LogP contribution in [0.4, 0.5) is 0 Å². The van der Waals surface area contributed by atoms with Crippen molar-refractivity contribution < 1.29 is 0 Å². The lowest BCUT2D eigenvalue weighted by Gasteiger charge is -2.16. The summed E-state index contributed by atoms with van der Waals surface area (Å²) < 4.78 is 0. The average Bonchev–Trinajstić information content (AvgIpc) is 3.15. The highest BCUT2D eigenvalue weighted by atomic mass is 32.1. The lowest BCUT2D eigenvalue weighted by Crippen LogP contribution is -2.31. The van der Waals surface area contributed by atoms with Crippen LogP contribution in [0.3, 0.4) is 0 Å². The highest BCUT2D eigenvalue weighted by molar-refractivity contribution is 7.11. The highest BCUT2D eigenvalue weighted by Crippen LogP contribution is 2.16. The third-order valence-corrected chi connectivity index (χ3v) is 5.15. The molecule has 3 nitrogen and oxygen atoms in total. The molecule has 0 saturated carbocycles. The quantitative estimate of drug-likeness (QED) is 0.889. The summed E-state index contributed by atoms with van der Waals surface area (Å²) in [6.07, 6.45) is 4.34. The van der Waals surface area contributed by atoms with E-state index in [1.54, 1.807) is 0 Å². The lowest BCUT2D eigenvalue weighted by molar-refractivity contribution is 0.320. The zero-order valence-electron chi connectivity index (χ0n) is 12.6. The lowest BCUT2D eigenvalue weighted by atomic mass is 10.2. The number of aromatic nitrogens is 1. The Morgan fingerprint density at radius 2 is 2.19 bits per heavy atom. The minimum Gasteiger partial charge on any atom is -0.306 e. The van der Waals surface area contributed by atoms with E-state index < -0.39 is 0 Å². The van der Waals surface area contributed by atoms with Gasteiger partial charge in [0.2, 0.25) is 0 Å². The van der Waals surface area contributed by atoms with Crippen LogP contribution in [0.1, 0.15) is 28.8 Å². The van der Waals surface area contributed by atoms with Crippen LogP contribution in [0.15, 0.2) is 36.5 Å². The molecule has 1 fully saturated rings. The summed E-state index contributed by atoms with van der Waals surface area (Å²) in [4.78, 5) is 8.39. The number of likely N-dealkylation sites (tertiary alicyclic amines) is 1. The van der Waals surface area contributed by atoms with E-state index in [9.17, 15) is 0 Å². The van der Waals surface area contributed by atoms with Gasteiger partial charge in [-0.3, -0.25) is 4.90 Å². The molecule has 1 atom stereocenters. The molecular weight excluding hydrogens is 278 g/mol. The molecule has 1 unspecified atom stereocenters. The molecule has 2 heterocycles. The topological polar surface area (TPSA) is 28.2 Å². The maximum Gasteiger partial charge on any atom is 0.107 e. The second kappa shape index (κ2) is 7.16. The van der Waals surface area contributed by atoms with Crippen molar-refractivity contribution in [1.29, 1.82) is 0 Å². The third kappa shape index (κ3) is 4.13. The van der Waals surface area contributed by atoms with E-state index in [2.05, 4.69) is 52.5 Å². The molecule has 0 radical (unpaired) electrons. The van der Waals surface area contributed by atoms with Crippen LogP contribution < -0.4 is 5.32 Å². The molecule has 4 heteroatoms. The second-order valence-electron chi connectivity index (χ2n) is 5.66. The van der Waals surface area contributed by atoms with Crippen molar-refractivity contribution in [2.75, 3.05) is 13.1 Å². The Morgan fingerprint density at radius 3 is 2.95 bits per heavy atom. The zero-order chi connectivity index (χ0) is 14.5. The molecule has 1 aromatic heterocycles. The Bertz CT molecular complexity index is 552. The predicted molar refractivity (Wildman–Crippen MR) is 88.5 cm³/mol. The zero-order valence-corrected chi connectivity index (χ0v) is 13.4. The summed E-state index contributed by atoms with van der Waals surface area (Å²) in [5.74, 6) is 0. The van der Waals surface area contributed by atoms with E-state index >= 15 is 0 Å². The maximum atomic E-state index is 4.48. The number of aryl methyl sites for hydroxylation is 1. The van der Waals surface area contributed by atoms with E-state index in [0.717, 1.165) is 26.1 Å². The summed E-state index contributed by atoms with van der Waals surface area (Å²) >= 11 is 1.83. The first-order chi connectivity index (χ1) is 10.3. The monoisotopic (exact) mass is 301 g/mol. The Morgan fingerprint density at radius 1 is 1.33 bits per heavy atom. The summed E-state index contributed by atoms with van der Waals surface area (Å²) in [7, 11) is 0. The van der Waals surface area contributed by atoms with Gasteiger partial charge in [0.15, 0.2) is 0 Å². The highest BCUT2D eigenvalue weighted by Gasteiger charge is 2.22. The first kappa shape index (κ1) is 14.7. The van der Waals surface area contributed by atoms with E-state index in [0.29, 0.717) is 6.04 Å². The van der Waals surface area contributed by atoms with E-state index in [-0.39, 0.29) is 0 Å². The van der Waals surface area contributed by atoms with Crippen LogP contribution in [-0.4, -0.2) is 29.0 Å². The van der Waals surface area contributed by atoms with Gasteiger partial charge >= 0.3 is 0 Å². The fourth-order valence-corrected chi connectivity index (χ4v) is 3.62. The summed E-state index contributed by atoms with van der Waals surface area (Å²) in [5, 5.41) is 4.87. The number of nitrogens with one attached hydrogen (secondary N) is 1. The van der Waals surface area contributed by atoms with Crippen molar-refractivity contribution in [3.05, 3.63) is 52.0 Å². The van der Waals surface area contributed by atoms with Gasteiger partial charge in [0.05, 0.1) is 0 Å². The first-order valence-electron chi connectivity index (χ1n) is 7.76. The number of hydrogen-bond acceptors (Lipinski definition) is 4. The van der Waals surface area contributed by atoms with Crippen molar-refractivity contribution in [1.82, 2.24) is 15.2 Å². The Labute approximate surface area is 131 Å². The standard InChI is InChI=1S/C17H23N3S/c1-2-16-10-19-17(21-16)11-18-15-8-9-20(13-15)12-14-6-4-3-5-7-14/h3-7,10,15,18H,2,8-9,11-13H2,1H3. The summed E-state index contributed by atoms with van der Waals surface area (Å²) in [6.45, 7) is 6.49. The number of rotatable bonds is 6. The van der Waals surface area contributed by atoms with E-state index in [1.807, 2.05) is 17.5 Å². The SMILES string of the molecule is CCc1cnc(CNC2CCN(Cc3ccccc3)C2)s1. The minimum atomic E-state index is 0.600. The van der Waals surface area contributed by atoms with Crippen molar-refractivity contribution in [3.63, 3.8) is 0 Å². The first-order valence-corrected chi connectivity index (χ1v) is 8.58. The van der Waals surface area contributed by atoms with Crippen LogP contribution in [0.2, 0.25) is 0 Å². The van der Waals surface area contributed by atoms with Gasteiger partial charge in [-0.05, 0) is 18.4 Å². The number of benzene rings is 1. The fourth-order valence-electron chi connectivity index (χ4n) is 2.81. The van der Waals surface area contributed by atoms with Gasteiger partial charge in [0.25, 0.3) is 0 Å². The molecule has 1 aliphatic rings. The summed E-state index contributed by atoms with van der Waals surface area (Å²) in [6, 6.07) is 11.3. The van der Waals surface area contributed by atoms with Gasteiger partial charge < -0.3 is 5.32 Å². The van der Waals surface area contributed by atoms with Crippen LogP contribution in [0.25, 0.3) is 0 Å². The van der Waals surface area contributed by atoms with Crippen LogP contribution in [0.5, 0.6) is 0 Å². The van der Waals surface area contributed by atoms with Crippen molar-refractivity contribution >= 4 is 11.3 Å². The Balaban J connectivity index is 1.44. The van der Waals surface area contributed by atoms with Gasteiger partial charge in [0, 0.05) is 43.3 Å². The molecule has 0 amide bonds. The fraction of sp³-hybridized carbons (Fsp3) is 0.471. The smallest absolute Gasteiger partial charge is 0.107 e. The minimum absolute atomic E-state index is 0.600. The van der Waals surface area contributed by atoms with Gasteiger partial charge in [0.1, 0.15) is 5.01 Å². The Hall–Kier alpha value is -1.23. The molecule has 21 heavy (non-hydrogen) atoms. The molecule has 2 aromatic rings. The number of nitrogens with zero attached hydrogens (tertiary/aromatic N) is 2. The molecule has 1 aromatic carbocycles. The predicted octanol–water partition coefficient (Wildman–Crippen LogP) is 3.07. The normalized spacial score (nSPS) is 19.2. The Kier molecular flexibility index (Phi) is 5.01. The van der Waals surface area contributed by atoms with Crippen molar-refractivity contribution in [2.45, 2.75) is 38.9 Å². The maximum absolute atomic E-state index is 4.48. The van der Waals surface area contributed by atoms with Gasteiger partial charge in [-0.2, -0.15) is 0 Å². The van der Waals surface area contributed by atoms with Crippen LogP contribution in [0, 0.1) is 0 Å². The summed E-state index contributed by atoms with van der Waals surface area (Å²) in [5.41, 5.74) is 1.41. The molecular formula is C17H23N3S. The third-order valence-electron chi connectivity index (χ3n) is 4.01. The largest absolute Gasteiger partial charge is 0.306 e. The van der Waals surface area contributed by atoms with Gasteiger partial charge in [-0.15, -0.1) is 11.3 Å². The number of hydrogen-bond donors (Lipinski definition) is 1. The van der Waals surface area contributed by atoms with Crippen molar-refractivity contribution in [2.24, 2.45) is 0 Å². The second-order valence-corrected chi connectivity index (χ2v) is 6.86. The van der Waals surface area contributed by atoms with E-state index in [4.69, 9.17) is 0 Å². The van der Waals surface area contributed by atoms with Crippen LogP contribution in [-0.2, 0) is 19.5 Å².